The minimum Gasteiger partial charge on any atom is -0.481 e. The quantitative estimate of drug-likeness (QED) is 0.0571. The van der Waals surface area contributed by atoms with Crippen molar-refractivity contribution < 1.29 is 69.3 Å². The first-order valence-corrected chi connectivity index (χ1v) is 12.7. The van der Waals surface area contributed by atoms with Crippen molar-refractivity contribution in [3.05, 3.63) is 0 Å². The van der Waals surface area contributed by atoms with E-state index in [2.05, 4.69) is 21.3 Å². The fourth-order valence-electron chi connectivity index (χ4n) is 3.34. The number of nitrogens with one attached hydrogen (secondary N) is 4. The monoisotopic (exact) mass is 594 g/mol. The second kappa shape index (κ2) is 19.2. The molecule has 0 aromatic rings. The summed E-state index contributed by atoms with van der Waals surface area (Å²) in [6, 6.07) is -6.27. The highest BCUT2D eigenvalue weighted by molar-refractivity contribution is 5.95. The zero-order chi connectivity index (χ0) is 31.7. The average Bonchev–Trinajstić information content (AvgIpc) is 2.87. The Morgan fingerprint density at radius 2 is 0.854 bits per heavy atom. The van der Waals surface area contributed by atoms with Gasteiger partial charge in [-0.25, -0.2) is 4.79 Å². The van der Waals surface area contributed by atoms with Crippen LogP contribution in [0.5, 0.6) is 0 Å². The highest BCUT2D eigenvalue weighted by Gasteiger charge is 2.32. The Morgan fingerprint density at radius 1 is 0.512 bits per heavy atom. The third-order valence-electron chi connectivity index (χ3n) is 5.57. The van der Waals surface area contributed by atoms with Crippen molar-refractivity contribution in [2.24, 2.45) is 0 Å². The minimum atomic E-state index is -1.92. The number of carboxylic acid groups (broad SMARTS) is 3. The van der Waals surface area contributed by atoms with Crippen molar-refractivity contribution in [2.45, 2.75) is 101 Å². The maximum absolute atomic E-state index is 13.1. The highest BCUT2D eigenvalue weighted by Crippen LogP contribution is 2.08. The van der Waals surface area contributed by atoms with E-state index in [1.165, 1.54) is 6.92 Å². The van der Waals surface area contributed by atoms with Crippen LogP contribution in [0.4, 0.5) is 0 Å². The van der Waals surface area contributed by atoms with E-state index in [4.69, 9.17) is 20.4 Å². The Labute approximate surface area is 234 Å². The Hall–Kier alpha value is -3.87. The molecule has 0 aliphatic rings. The first kappa shape index (κ1) is 37.1. The van der Waals surface area contributed by atoms with Crippen molar-refractivity contribution in [1.29, 1.82) is 0 Å². The van der Waals surface area contributed by atoms with Crippen molar-refractivity contribution in [3.8, 4) is 0 Å². The molecule has 0 aliphatic heterocycles. The second-order valence-electron chi connectivity index (χ2n) is 8.98. The molecule has 18 heteroatoms. The fourth-order valence-corrected chi connectivity index (χ4v) is 3.34. The molecule has 0 radical (unpaired) electrons. The summed E-state index contributed by atoms with van der Waals surface area (Å²) in [4.78, 5) is 84.1. The molecular formula is C23H38N4O14. The summed E-state index contributed by atoms with van der Waals surface area (Å²) in [5, 5.41) is 72.6. The molecule has 11 N–H and O–H groups in total. The lowest BCUT2D eigenvalue weighted by molar-refractivity contribution is -0.144. The Balaban J connectivity index is 5.90. The zero-order valence-corrected chi connectivity index (χ0v) is 22.3. The Morgan fingerprint density at radius 3 is 1.20 bits per heavy atom. The smallest absolute Gasteiger partial charge is 0.326 e. The van der Waals surface area contributed by atoms with Gasteiger partial charge >= 0.3 is 17.9 Å². The lowest BCUT2D eigenvalue weighted by Crippen LogP contribution is -2.58. The van der Waals surface area contributed by atoms with E-state index in [9.17, 15) is 48.9 Å². The molecule has 41 heavy (non-hydrogen) atoms. The van der Waals surface area contributed by atoms with Gasteiger partial charge in [-0.1, -0.05) is 6.92 Å². The molecule has 4 amide bonds. The molecule has 18 nitrogen and oxygen atoms in total. The van der Waals surface area contributed by atoms with Gasteiger partial charge in [0.25, 0.3) is 0 Å². The molecule has 0 saturated heterocycles. The van der Waals surface area contributed by atoms with Crippen molar-refractivity contribution in [1.82, 2.24) is 21.3 Å². The van der Waals surface area contributed by atoms with Crippen LogP contribution in [0.1, 0.15) is 64.7 Å². The van der Waals surface area contributed by atoms with Gasteiger partial charge in [-0.15, -0.1) is 0 Å². The van der Waals surface area contributed by atoms with E-state index in [0.29, 0.717) is 0 Å². The van der Waals surface area contributed by atoms with Crippen molar-refractivity contribution in [2.75, 3.05) is 0 Å². The number of aliphatic hydroxyl groups is 4. The number of aliphatic hydroxyl groups excluding tert-OH is 2. The maximum atomic E-state index is 13.1. The number of hydrogen-bond donors (Lipinski definition) is 11. The van der Waals surface area contributed by atoms with Crippen LogP contribution < -0.4 is 21.3 Å². The van der Waals surface area contributed by atoms with Crippen LogP contribution in [0.3, 0.4) is 0 Å². The van der Waals surface area contributed by atoms with Gasteiger partial charge < -0.3 is 57.0 Å². The molecule has 0 unspecified atom stereocenters. The van der Waals surface area contributed by atoms with Gasteiger partial charge in [0, 0.05) is 32.1 Å². The first-order valence-electron chi connectivity index (χ1n) is 12.7. The standard InChI is InChI=1S/C23H38N4O14/c1-2-15(28)24-11(3-7-16(29)30)20(37)25-12(4-8-17(31)32)21(38)26-13(5-9-18(33)34)22(39)27-14(23(40)41)6-10-19(35)36/h11-14,17,19,31-32,35-36H,2-10H2,1H3,(H,24,28)(H,25,37)(H,26,38)(H,27,39)(H,29,30)(H,33,34)(H,40,41)/t11-,12-,13-,14-/m0/s1. The summed E-state index contributed by atoms with van der Waals surface area (Å²) < 4.78 is 0. The van der Waals surface area contributed by atoms with E-state index in [0.717, 1.165) is 0 Å². The summed E-state index contributed by atoms with van der Waals surface area (Å²) in [7, 11) is 0. The van der Waals surface area contributed by atoms with Crippen LogP contribution in [0.25, 0.3) is 0 Å². The minimum absolute atomic E-state index is 0.0492. The van der Waals surface area contributed by atoms with Crippen molar-refractivity contribution in [3.63, 3.8) is 0 Å². The summed E-state index contributed by atoms with van der Waals surface area (Å²) in [5.41, 5.74) is 0. The third kappa shape index (κ3) is 16.7. The number of rotatable bonds is 21. The van der Waals surface area contributed by atoms with Crippen molar-refractivity contribution >= 4 is 41.5 Å². The number of hydrogen-bond acceptors (Lipinski definition) is 11. The Kier molecular flexibility index (Phi) is 17.4. The number of aliphatic carboxylic acids is 3. The summed E-state index contributed by atoms with van der Waals surface area (Å²) in [5.74, 6) is -8.04. The van der Waals surface area contributed by atoms with Gasteiger partial charge in [-0.05, 0) is 25.7 Å². The van der Waals surface area contributed by atoms with E-state index in [1.807, 2.05) is 0 Å². The van der Waals surface area contributed by atoms with Crippen LogP contribution >= 0.6 is 0 Å². The predicted octanol–water partition coefficient (Wildman–Crippen LogP) is -3.67. The lowest BCUT2D eigenvalue weighted by Gasteiger charge is -2.26. The molecule has 0 bridgehead atoms. The number of amides is 4. The predicted molar refractivity (Wildman–Crippen MR) is 134 cm³/mol. The highest BCUT2D eigenvalue weighted by atomic mass is 16.5. The summed E-state index contributed by atoms with van der Waals surface area (Å²) in [6.07, 6.45) is -7.65. The molecule has 234 valence electrons. The molecule has 0 heterocycles. The van der Waals surface area contributed by atoms with Gasteiger partial charge in [0.2, 0.25) is 23.6 Å². The van der Waals surface area contributed by atoms with Gasteiger partial charge in [0.15, 0.2) is 12.6 Å². The molecule has 0 saturated carbocycles. The largest absolute Gasteiger partial charge is 0.481 e. The maximum Gasteiger partial charge on any atom is 0.326 e. The number of carbonyl (C=O) groups is 7. The summed E-state index contributed by atoms with van der Waals surface area (Å²) in [6.45, 7) is 1.48. The van der Waals surface area contributed by atoms with E-state index >= 15 is 0 Å². The topological polar surface area (TPSA) is 309 Å². The fraction of sp³-hybridized carbons (Fsp3) is 0.696. The zero-order valence-electron chi connectivity index (χ0n) is 22.3. The first-order chi connectivity index (χ1) is 19.1. The van der Waals surface area contributed by atoms with Gasteiger partial charge in [-0.2, -0.15) is 0 Å². The van der Waals surface area contributed by atoms with Crippen LogP contribution in [0.2, 0.25) is 0 Å². The summed E-state index contributed by atoms with van der Waals surface area (Å²) >= 11 is 0. The van der Waals surface area contributed by atoms with Crippen LogP contribution in [0.15, 0.2) is 0 Å². The number of carbonyl (C=O) groups excluding carboxylic acids is 4. The lowest BCUT2D eigenvalue weighted by atomic mass is 10.0. The van der Waals surface area contributed by atoms with Gasteiger partial charge in [0.1, 0.15) is 24.2 Å². The molecule has 0 aliphatic carbocycles. The third-order valence-corrected chi connectivity index (χ3v) is 5.57. The molecule has 4 atom stereocenters. The van der Waals surface area contributed by atoms with Crippen LogP contribution in [0, 0.1) is 0 Å². The molecule has 0 aromatic heterocycles. The van der Waals surface area contributed by atoms with E-state index in [1.54, 1.807) is 0 Å². The Bertz CT molecular complexity index is 926. The van der Waals surface area contributed by atoms with Crippen LogP contribution in [-0.4, -0.2) is 114 Å². The average molecular weight is 595 g/mol. The van der Waals surface area contributed by atoms with Gasteiger partial charge in [-0.3, -0.25) is 28.8 Å². The van der Waals surface area contributed by atoms with E-state index in [-0.39, 0.29) is 12.8 Å². The molecule has 0 rings (SSSR count). The molecule has 0 fully saturated rings. The molecule has 0 spiro atoms. The second-order valence-corrected chi connectivity index (χ2v) is 8.98. The normalized spacial score (nSPS) is 13.9. The van der Waals surface area contributed by atoms with Gasteiger partial charge in [0.05, 0.1) is 0 Å². The number of carboxylic acids is 3. The van der Waals surface area contributed by atoms with Crippen LogP contribution in [-0.2, 0) is 33.6 Å². The molecule has 0 aromatic carbocycles. The SMILES string of the molecule is CCC(=O)N[C@@H](CCC(=O)O)C(=O)N[C@@H](CCC(O)O)C(=O)N[C@@H](CCC(=O)O)C(=O)N[C@@H](CCC(O)O)C(=O)O. The van der Waals surface area contributed by atoms with E-state index < -0.39 is 123 Å². The molecular weight excluding hydrogens is 556 g/mol.